The van der Waals surface area contributed by atoms with Crippen molar-refractivity contribution in [3.63, 3.8) is 0 Å². The van der Waals surface area contributed by atoms with Crippen molar-refractivity contribution in [2.75, 3.05) is 0 Å². The van der Waals surface area contributed by atoms with E-state index in [1.54, 1.807) is 0 Å². The van der Waals surface area contributed by atoms with Crippen LogP contribution in [0.5, 0.6) is 0 Å². The van der Waals surface area contributed by atoms with Crippen molar-refractivity contribution < 1.29 is 9.09 Å². The minimum absolute atomic E-state index is 0. The Morgan fingerprint density at radius 3 is 1.80 bits per heavy atom. The second-order valence-electron chi connectivity index (χ2n) is 0.348. The van der Waals surface area contributed by atoms with Crippen LogP contribution in [0.3, 0.4) is 0 Å². The Bertz CT molecular complexity index is 30.6. The van der Waals surface area contributed by atoms with Crippen LogP contribution in [0.2, 0.25) is 0 Å². The predicted molar refractivity (Wildman–Crippen MR) is 15.5 cm³/mol. The molecule has 0 rings (SSSR count). The van der Waals surface area contributed by atoms with Gasteiger partial charge in [0.05, 0.1) is 0 Å². The summed E-state index contributed by atoms with van der Waals surface area (Å²) in [6.07, 6.45) is -1.33. The molecular weight excluding hydrogens is 78.0 g/mol. The highest BCUT2D eigenvalue weighted by molar-refractivity contribution is 5.65. The molecule has 3 N–H and O–H groups in total. The molecule has 32 valence electrons. The molecule has 0 amide bonds. The normalized spacial score (nSPS) is 5.00. The van der Waals surface area contributed by atoms with Crippen molar-refractivity contribution >= 4 is 6.09 Å². The highest BCUT2D eigenvalue weighted by Gasteiger charge is 1.61. The van der Waals surface area contributed by atoms with Crippen molar-refractivity contribution in [2.24, 2.45) is 5.73 Å². The largest absolute Gasteiger partial charge is 0.360 e. The van der Waals surface area contributed by atoms with Crippen molar-refractivity contribution in [3.05, 3.63) is 0 Å². The SMILES string of the molecule is F.N=C(N)F. The molecule has 0 unspecified atom stereocenters. The number of amidine groups is 1. The number of halogens is 2. The summed E-state index contributed by atoms with van der Waals surface area (Å²) in [5.74, 6) is 0. The number of rotatable bonds is 0. The molecule has 0 aromatic carbocycles. The van der Waals surface area contributed by atoms with Crippen LogP contribution in [0.1, 0.15) is 0 Å². The molecule has 0 bridgehead atoms. The maximum Gasteiger partial charge on any atom is 0.272 e. The van der Waals surface area contributed by atoms with Crippen LogP contribution >= 0.6 is 0 Å². The molecule has 0 aliphatic carbocycles. The van der Waals surface area contributed by atoms with E-state index < -0.39 is 6.09 Å². The molecule has 2 nitrogen and oxygen atoms in total. The predicted octanol–water partition coefficient (Wildman–Crippen LogP) is 0.00187. The second-order valence-corrected chi connectivity index (χ2v) is 0.348. The molecule has 4 heteroatoms. The van der Waals surface area contributed by atoms with Crippen LogP contribution in [0.15, 0.2) is 0 Å². The smallest absolute Gasteiger partial charge is 0.272 e. The number of hydrogen-bond donors (Lipinski definition) is 2. The van der Waals surface area contributed by atoms with E-state index in [1.807, 2.05) is 0 Å². The van der Waals surface area contributed by atoms with Gasteiger partial charge in [0.1, 0.15) is 0 Å². The zero-order valence-electron chi connectivity index (χ0n) is 2.36. The minimum Gasteiger partial charge on any atom is -0.360 e. The lowest BCUT2D eigenvalue weighted by Gasteiger charge is -1.60. The monoisotopic (exact) mass is 82.0 g/mol. The van der Waals surface area contributed by atoms with E-state index in [9.17, 15) is 4.39 Å². The van der Waals surface area contributed by atoms with E-state index in [1.165, 1.54) is 0 Å². The lowest BCUT2D eigenvalue weighted by atomic mass is 11.3. The Morgan fingerprint density at radius 1 is 1.80 bits per heavy atom. The minimum atomic E-state index is -1.33. The topological polar surface area (TPSA) is 49.9 Å². The van der Waals surface area contributed by atoms with E-state index >= 15 is 0 Å². The average molecular weight is 82.1 g/mol. The van der Waals surface area contributed by atoms with Gasteiger partial charge in [-0.1, -0.05) is 0 Å². The van der Waals surface area contributed by atoms with Gasteiger partial charge in [-0.2, -0.15) is 4.39 Å². The van der Waals surface area contributed by atoms with Gasteiger partial charge in [0.2, 0.25) is 0 Å². The maximum atomic E-state index is 10.4. The second kappa shape index (κ2) is 3.33. The van der Waals surface area contributed by atoms with E-state index in [0.717, 1.165) is 0 Å². The van der Waals surface area contributed by atoms with Gasteiger partial charge >= 0.3 is 0 Å². The molecule has 0 aromatic rings. The standard InChI is InChI=1S/CH3FN2.FH/c2-1(3)4;/h(H3,3,4);1H. The van der Waals surface area contributed by atoms with Crippen LogP contribution in [0, 0.1) is 5.41 Å². The Balaban J connectivity index is 0. The van der Waals surface area contributed by atoms with Crippen molar-refractivity contribution in [1.82, 2.24) is 0 Å². The molecule has 0 saturated heterocycles. The number of nitrogens with two attached hydrogens (primary N) is 1. The van der Waals surface area contributed by atoms with Gasteiger partial charge in [-0.25, -0.2) is 0 Å². The van der Waals surface area contributed by atoms with Gasteiger partial charge in [0.15, 0.2) is 0 Å². The molecule has 0 spiro atoms. The first-order chi connectivity index (χ1) is 1.73. The zero-order valence-corrected chi connectivity index (χ0v) is 2.36. The third kappa shape index (κ3) is 13.1. The Hall–Kier alpha value is -0.670. The third-order valence-electron chi connectivity index (χ3n) is 0. The fourth-order valence-corrected chi connectivity index (χ4v) is 0. The summed E-state index contributed by atoms with van der Waals surface area (Å²) in [4.78, 5) is 0. The summed E-state index contributed by atoms with van der Waals surface area (Å²) in [6, 6.07) is 0. The van der Waals surface area contributed by atoms with Crippen LogP contribution in [-0.4, -0.2) is 6.09 Å². The lowest BCUT2D eigenvalue weighted by molar-refractivity contribution is 0.780. The molecular formula is CH4F2N2. The molecule has 0 saturated carbocycles. The van der Waals surface area contributed by atoms with Crippen LogP contribution in [0.25, 0.3) is 0 Å². The van der Waals surface area contributed by atoms with Gasteiger partial charge in [-0.15, -0.1) is 0 Å². The molecule has 5 heavy (non-hydrogen) atoms. The van der Waals surface area contributed by atoms with Crippen LogP contribution in [-0.2, 0) is 0 Å². The lowest BCUT2D eigenvalue weighted by Crippen LogP contribution is -1.98. The fourth-order valence-electron chi connectivity index (χ4n) is 0. The summed E-state index contributed by atoms with van der Waals surface area (Å²) < 4.78 is 10.4. The Labute approximate surface area is 27.7 Å². The summed E-state index contributed by atoms with van der Waals surface area (Å²) >= 11 is 0. The summed E-state index contributed by atoms with van der Waals surface area (Å²) in [5.41, 5.74) is 4.03. The van der Waals surface area contributed by atoms with E-state index in [0.29, 0.717) is 0 Å². The first kappa shape index (κ1) is 8.84. The van der Waals surface area contributed by atoms with E-state index in [-0.39, 0.29) is 4.70 Å². The molecule has 0 aliphatic heterocycles. The Morgan fingerprint density at radius 2 is 1.80 bits per heavy atom. The van der Waals surface area contributed by atoms with E-state index in [4.69, 9.17) is 5.41 Å². The van der Waals surface area contributed by atoms with Crippen molar-refractivity contribution in [1.29, 1.82) is 5.41 Å². The number of nitrogens with one attached hydrogen (secondary N) is 1. The first-order valence-corrected chi connectivity index (χ1v) is 0.728. The molecule has 0 fully saturated rings. The quantitative estimate of drug-likeness (QED) is 0.241. The summed E-state index contributed by atoms with van der Waals surface area (Å²) in [6.45, 7) is 0. The molecule has 0 radical (unpaired) electrons. The van der Waals surface area contributed by atoms with Gasteiger partial charge in [0, 0.05) is 0 Å². The maximum absolute atomic E-state index is 10.4. The first-order valence-electron chi connectivity index (χ1n) is 0.728. The highest BCUT2D eigenvalue weighted by Crippen LogP contribution is 1.46. The highest BCUT2D eigenvalue weighted by atomic mass is 19.1. The summed E-state index contributed by atoms with van der Waals surface area (Å²) in [5, 5.41) is 5.61. The molecule has 0 heterocycles. The molecule has 0 aromatic heterocycles. The van der Waals surface area contributed by atoms with Gasteiger partial charge in [-0.3, -0.25) is 10.1 Å². The molecule has 0 atom stereocenters. The van der Waals surface area contributed by atoms with Crippen LogP contribution < -0.4 is 5.73 Å². The average Bonchev–Trinajstić information content (AvgIpc) is 0.811. The third-order valence-corrected chi connectivity index (χ3v) is 0. The van der Waals surface area contributed by atoms with Gasteiger partial charge < -0.3 is 5.73 Å². The summed E-state index contributed by atoms with van der Waals surface area (Å²) in [7, 11) is 0. The van der Waals surface area contributed by atoms with Crippen molar-refractivity contribution in [3.8, 4) is 0 Å². The fraction of sp³-hybridized carbons (Fsp3) is 0. The molecule has 0 aliphatic rings. The van der Waals surface area contributed by atoms with E-state index in [2.05, 4.69) is 5.73 Å². The Kier molecular flexibility index (Phi) is 5.89. The van der Waals surface area contributed by atoms with Gasteiger partial charge in [0.25, 0.3) is 6.09 Å². The van der Waals surface area contributed by atoms with Crippen LogP contribution in [0.4, 0.5) is 9.09 Å². The van der Waals surface area contributed by atoms with Crippen molar-refractivity contribution in [2.45, 2.75) is 0 Å². The zero-order chi connectivity index (χ0) is 3.58. The number of hydrogen-bond acceptors (Lipinski definition) is 1. The van der Waals surface area contributed by atoms with Gasteiger partial charge in [-0.05, 0) is 0 Å².